The third-order valence-electron chi connectivity index (χ3n) is 12.8. The average Bonchev–Trinajstić information content (AvgIpc) is 3.22. The van der Waals surface area contributed by atoms with Gasteiger partial charge in [-0.1, -0.05) is 175 Å². The summed E-state index contributed by atoms with van der Waals surface area (Å²) in [5, 5.41) is 48.7. The van der Waals surface area contributed by atoms with Crippen molar-refractivity contribution in [3.05, 3.63) is 0 Å². The second kappa shape index (κ2) is 40.2. The molecule has 0 aromatic carbocycles. The molecule has 6 N–H and O–H groups in total. The monoisotopic (exact) mass is 867 g/mol. The SMILES string of the molecule is CCCCCCCCCCC(O)CN(CCCC[C@H]1NC(=O)[C@H](CCCCN(CC(O)CCCCCCCCCC)CC(O)CCCCCCCCCC)NC1=O)CC(C)O. The molecule has 0 bridgehead atoms. The Morgan fingerprint density at radius 2 is 0.689 bits per heavy atom. The Kier molecular flexibility index (Phi) is 38.1. The fourth-order valence-electron chi connectivity index (χ4n) is 9.05. The highest BCUT2D eigenvalue weighted by Crippen LogP contribution is 2.17. The first-order valence-electron chi connectivity index (χ1n) is 26.4. The molecule has 2 amide bonds. The molecular formula is C51H102N4O6. The van der Waals surface area contributed by atoms with Crippen molar-refractivity contribution in [3.8, 4) is 0 Å². The van der Waals surface area contributed by atoms with Crippen LogP contribution in [0.5, 0.6) is 0 Å². The summed E-state index contributed by atoms with van der Waals surface area (Å²) in [6.45, 7) is 12.2. The van der Waals surface area contributed by atoms with Crippen LogP contribution in [0.3, 0.4) is 0 Å². The zero-order valence-electron chi connectivity index (χ0n) is 40.5. The standard InChI is InChI=1S/C51H102N4O6/c1-5-8-11-14-17-20-23-26-33-45(57)41-54(40-44(4)56)38-31-29-36-48-50(60)53-49(51(61)52-48)37-30-32-39-55(42-46(58)34-27-24-21-18-15-12-9-6-2)43-47(59)35-28-25-22-19-16-13-10-7-3/h44-49,56-59H,5-43H2,1-4H3,(H,52,61)(H,53,60)/t44?,45?,46?,47?,48-,49+/m1/s1. The molecule has 1 heterocycles. The highest BCUT2D eigenvalue weighted by Gasteiger charge is 2.33. The van der Waals surface area contributed by atoms with Crippen LogP contribution in [0.25, 0.3) is 0 Å². The molecule has 10 nitrogen and oxygen atoms in total. The van der Waals surface area contributed by atoms with Crippen molar-refractivity contribution >= 4 is 11.8 Å². The third kappa shape index (κ3) is 33.8. The van der Waals surface area contributed by atoms with Crippen LogP contribution in [-0.4, -0.2) is 118 Å². The molecule has 6 atom stereocenters. The number of hydrogen-bond acceptors (Lipinski definition) is 8. The lowest BCUT2D eigenvalue weighted by Crippen LogP contribution is -2.61. The Morgan fingerprint density at radius 3 is 0.984 bits per heavy atom. The van der Waals surface area contributed by atoms with Crippen LogP contribution in [0.4, 0.5) is 0 Å². The van der Waals surface area contributed by atoms with E-state index >= 15 is 0 Å². The van der Waals surface area contributed by atoms with Crippen LogP contribution in [0, 0.1) is 0 Å². The Hall–Kier alpha value is -1.30. The van der Waals surface area contributed by atoms with Crippen LogP contribution >= 0.6 is 0 Å². The fourth-order valence-corrected chi connectivity index (χ4v) is 9.05. The van der Waals surface area contributed by atoms with Gasteiger partial charge in [-0.3, -0.25) is 19.4 Å². The van der Waals surface area contributed by atoms with Gasteiger partial charge in [0.1, 0.15) is 12.1 Å². The Labute approximate surface area is 376 Å². The van der Waals surface area contributed by atoms with Crippen molar-refractivity contribution in [2.24, 2.45) is 0 Å². The number of aliphatic hydroxyl groups excluding tert-OH is 4. The summed E-state index contributed by atoms with van der Waals surface area (Å²) in [4.78, 5) is 30.5. The van der Waals surface area contributed by atoms with Crippen molar-refractivity contribution in [2.45, 2.75) is 276 Å². The van der Waals surface area contributed by atoms with Crippen LogP contribution in [0.1, 0.15) is 240 Å². The van der Waals surface area contributed by atoms with Gasteiger partial charge >= 0.3 is 0 Å². The van der Waals surface area contributed by atoms with Crippen molar-refractivity contribution in [3.63, 3.8) is 0 Å². The molecule has 1 aliphatic heterocycles. The summed E-state index contributed by atoms with van der Waals surface area (Å²) in [7, 11) is 0. The number of hydrogen-bond donors (Lipinski definition) is 6. The summed E-state index contributed by atoms with van der Waals surface area (Å²) in [5.74, 6) is -0.246. The number of carbonyl (C=O) groups excluding carboxylic acids is 2. The van der Waals surface area contributed by atoms with Crippen molar-refractivity contribution in [2.75, 3.05) is 39.3 Å². The molecule has 1 fully saturated rings. The summed E-state index contributed by atoms with van der Waals surface area (Å²) in [5.41, 5.74) is 0. The number of piperazine rings is 1. The van der Waals surface area contributed by atoms with Gasteiger partial charge in [0, 0.05) is 26.2 Å². The lowest BCUT2D eigenvalue weighted by molar-refractivity contribution is -0.137. The number of carbonyl (C=O) groups is 2. The van der Waals surface area contributed by atoms with E-state index in [4.69, 9.17) is 0 Å². The molecule has 1 aliphatic rings. The average molecular weight is 867 g/mol. The molecule has 4 unspecified atom stereocenters. The first kappa shape index (κ1) is 57.7. The van der Waals surface area contributed by atoms with E-state index in [1.54, 1.807) is 6.92 Å². The third-order valence-corrected chi connectivity index (χ3v) is 12.8. The lowest BCUT2D eigenvalue weighted by Gasteiger charge is -2.31. The van der Waals surface area contributed by atoms with Crippen LogP contribution in [0.2, 0.25) is 0 Å². The quantitative estimate of drug-likeness (QED) is 0.0332. The number of aliphatic hydroxyl groups is 4. The van der Waals surface area contributed by atoms with Crippen LogP contribution in [-0.2, 0) is 9.59 Å². The van der Waals surface area contributed by atoms with Crippen LogP contribution in [0.15, 0.2) is 0 Å². The molecular weight excluding hydrogens is 765 g/mol. The number of nitrogens with zero attached hydrogens (tertiary/aromatic N) is 2. The first-order chi connectivity index (χ1) is 29.6. The molecule has 0 aliphatic carbocycles. The maximum absolute atomic E-state index is 13.1. The summed E-state index contributed by atoms with van der Waals surface area (Å²) in [6, 6.07) is -1.08. The smallest absolute Gasteiger partial charge is 0.243 e. The van der Waals surface area contributed by atoms with E-state index in [1.165, 1.54) is 116 Å². The molecule has 0 aromatic heterocycles. The largest absolute Gasteiger partial charge is 0.392 e. The van der Waals surface area contributed by atoms with Gasteiger partial charge in [-0.15, -0.1) is 0 Å². The zero-order chi connectivity index (χ0) is 44.8. The van der Waals surface area contributed by atoms with Gasteiger partial charge in [0.25, 0.3) is 0 Å². The molecule has 0 aromatic rings. The number of amides is 2. The van der Waals surface area contributed by atoms with Crippen molar-refractivity contribution in [1.82, 2.24) is 20.4 Å². The highest BCUT2D eigenvalue weighted by molar-refractivity contribution is 5.96. The number of rotatable bonds is 45. The van der Waals surface area contributed by atoms with Crippen molar-refractivity contribution in [1.29, 1.82) is 0 Å². The van der Waals surface area contributed by atoms with E-state index in [0.717, 1.165) is 96.6 Å². The van der Waals surface area contributed by atoms with Gasteiger partial charge < -0.3 is 31.1 Å². The second-order valence-electron chi connectivity index (χ2n) is 19.2. The number of nitrogens with one attached hydrogen (secondary N) is 2. The fraction of sp³-hybridized carbons (Fsp3) is 0.961. The van der Waals surface area contributed by atoms with Gasteiger partial charge in [-0.2, -0.15) is 0 Å². The molecule has 0 radical (unpaired) electrons. The summed E-state index contributed by atoms with van der Waals surface area (Å²) < 4.78 is 0. The minimum absolute atomic E-state index is 0.122. The highest BCUT2D eigenvalue weighted by atomic mass is 16.3. The maximum atomic E-state index is 13.1. The topological polar surface area (TPSA) is 146 Å². The Bertz CT molecular complexity index is 976. The normalized spacial score (nSPS) is 17.8. The van der Waals surface area contributed by atoms with Gasteiger partial charge in [-0.25, -0.2) is 0 Å². The molecule has 1 rings (SSSR count). The Balaban J connectivity index is 2.47. The van der Waals surface area contributed by atoms with Gasteiger partial charge in [0.15, 0.2) is 0 Å². The minimum Gasteiger partial charge on any atom is -0.392 e. The predicted octanol–water partition coefficient (Wildman–Crippen LogP) is 9.97. The van der Waals surface area contributed by atoms with E-state index in [2.05, 4.69) is 41.2 Å². The zero-order valence-corrected chi connectivity index (χ0v) is 40.5. The number of unbranched alkanes of at least 4 members (excludes halogenated alkanes) is 23. The lowest BCUT2D eigenvalue weighted by atomic mass is 10.0. The van der Waals surface area contributed by atoms with E-state index < -0.39 is 36.5 Å². The molecule has 1 saturated heterocycles. The van der Waals surface area contributed by atoms with E-state index in [0.29, 0.717) is 39.0 Å². The van der Waals surface area contributed by atoms with E-state index in [1.807, 2.05) is 0 Å². The predicted molar refractivity (Wildman–Crippen MR) is 256 cm³/mol. The van der Waals surface area contributed by atoms with E-state index in [-0.39, 0.29) is 11.8 Å². The molecule has 362 valence electrons. The van der Waals surface area contributed by atoms with Gasteiger partial charge in [0.2, 0.25) is 11.8 Å². The van der Waals surface area contributed by atoms with Gasteiger partial charge in [0.05, 0.1) is 24.4 Å². The van der Waals surface area contributed by atoms with Crippen LogP contribution < -0.4 is 10.6 Å². The minimum atomic E-state index is -0.540. The molecule has 0 saturated carbocycles. The maximum Gasteiger partial charge on any atom is 0.243 e. The molecule has 0 spiro atoms. The summed E-state index contributed by atoms with van der Waals surface area (Å²) in [6.07, 6.45) is 34.7. The van der Waals surface area contributed by atoms with E-state index in [9.17, 15) is 30.0 Å². The van der Waals surface area contributed by atoms with Gasteiger partial charge in [-0.05, 0) is 77.8 Å². The molecule has 61 heavy (non-hydrogen) atoms. The Morgan fingerprint density at radius 1 is 0.410 bits per heavy atom. The molecule has 10 heteroatoms. The van der Waals surface area contributed by atoms with Crippen molar-refractivity contribution < 1.29 is 30.0 Å². The first-order valence-corrected chi connectivity index (χ1v) is 26.4. The summed E-state index contributed by atoms with van der Waals surface area (Å²) >= 11 is 0. The second-order valence-corrected chi connectivity index (χ2v) is 19.2.